The van der Waals surface area contributed by atoms with Gasteiger partial charge in [-0.15, -0.1) is 0 Å². The van der Waals surface area contributed by atoms with Crippen LogP contribution in [0.1, 0.15) is 20.9 Å². The van der Waals surface area contributed by atoms with Gasteiger partial charge in [-0.05, 0) is 36.4 Å². The van der Waals surface area contributed by atoms with Crippen molar-refractivity contribution in [2.24, 2.45) is 0 Å². The van der Waals surface area contributed by atoms with Gasteiger partial charge < -0.3 is 4.42 Å². The minimum atomic E-state index is -0.564. The summed E-state index contributed by atoms with van der Waals surface area (Å²) in [4.78, 5) is 27.7. The molecule has 0 aliphatic rings. The van der Waals surface area contributed by atoms with Crippen LogP contribution < -0.4 is 10.9 Å². The molecule has 0 spiro atoms. The van der Waals surface area contributed by atoms with Crippen LogP contribution in [0.4, 0.5) is 0 Å². The van der Waals surface area contributed by atoms with E-state index >= 15 is 0 Å². The Bertz CT molecular complexity index is 878. The van der Waals surface area contributed by atoms with Crippen molar-refractivity contribution >= 4 is 23.4 Å². The molecule has 0 bridgehead atoms. The zero-order chi connectivity index (χ0) is 16.9. The van der Waals surface area contributed by atoms with Crippen molar-refractivity contribution in [1.29, 1.82) is 0 Å². The largest absolute Gasteiger partial charge is 0.451 e. The molecule has 0 saturated heterocycles. The average Bonchev–Trinajstić information content (AvgIpc) is 3.10. The van der Waals surface area contributed by atoms with E-state index in [0.717, 1.165) is 5.56 Å². The number of benzene rings is 1. The lowest BCUT2D eigenvalue weighted by atomic mass is 10.2. The maximum atomic E-state index is 12.0. The number of rotatable bonds is 3. The molecule has 0 fully saturated rings. The highest BCUT2D eigenvalue weighted by molar-refractivity contribution is 6.30. The van der Waals surface area contributed by atoms with E-state index in [2.05, 4.69) is 15.8 Å². The van der Waals surface area contributed by atoms with Crippen LogP contribution in [-0.4, -0.2) is 16.8 Å². The van der Waals surface area contributed by atoms with E-state index in [1.165, 1.54) is 30.6 Å². The molecule has 2 heterocycles. The van der Waals surface area contributed by atoms with Crippen LogP contribution in [0.3, 0.4) is 0 Å². The van der Waals surface area contributed by atoms with Crippen molar-refractivity contribution in [3.05, 3.63) is 77.3 Å². The van der Waals surface area contributed by atoms with Crippen LogP contribution in [0.5, 0.6) is 0 Å². The highest BCUT2D eigenvalue weighted by atomic mass is 35.5. The standard InChI is InChI=1S/C17H12ClN3O3/c18-13-3-1-2-12(10-13)14-4-5-15(24-14)17(23)21-20-16(22)11-6-8-19-9-7-11/h1-10H,(H,20,22)(H,21,23). The number of carbonyl (C=O) groups excluding carboxylic acids is 2. The van der Waals surface area contributed by atoms with Gasteiger partial charge in [-0.1, -0.05) is 23.7 Å². The Morgan fingerprint density at radius 2 is 1.71 bits per heavy atom. The summed E-state index contributed by atoms with van der Waals surface area (Å²) in [5.74, 6) is -0.443. The van der Waals surface area contributed by atoms with Gasteiger partial charge in [-0.25, -0.2) is 0 Å². The van der Waals surface area contributed by atoms with E-state index in [0.29, 0.717) is 16.3 Å². The molecule has 6 nitrogen and oxygen atoms in total. The number of aromatic nitrogens is 1. The van der Waals surface area contributed by atoms with Gasteiger partial charge in [0, 0.05) is 28.5 Å². The van der Waals surface area contributed by atoms with E-state index in [-0.39, 0.29) is 5.76 Å². The highest BCUT2D eigenvalue weighted by Gasteiger charge is 2.13. The third kappa shape index (κ3) is 3.61. The molecule has 3 aromatic rings. The second-order valence-corrected chi connectivity index (χ2v) is 5.25. The fraction of sp³-hybridized carbons (Fsp3) is 0. The third-order valence-electron chi connectivity index (χ3n) is 3.17. The fourth-order valence-corrected chi connectivity index (χ4v) is 2.20. The summed E-state index contributed by atoms with van der Waals surface area (Å²) in [6.07, 6.45) is 2.97. The van der Waals surface area contributed by atoms with Crippen LogP contribution in [0, 0.1) is 0 Å². The number of hydrogen-bond acceptors (Lipinski definition) is 4. The molecule has 120 valence electrons. The number of hydrazine groups is 1. The van der Waals surface area contributed by atoms with E-state index in [4.69, 9.17) is 16.0 Å². The molecule has 0 radical (unpaired) electrons. The van der Waals surface area contributed by atoms with Crippen LogP contribution >= 0.6 is 11.6 Å². The first-order valence-corrected chi connectivity index (χ1v) is 7.38. The molecule has 0 saturated carbocycles. The smallest absolute Gasteiger partial charge is 0.305 e. The van der Waals surface area contributed by atoms with Crippen molar-refractivity contribution in [3.8, 4) is 11.3 Å². The number of carbonyl (C=O) groups is 2. The zero-order valence-corrected chi connectivity index (χ0v) is 13.1. The van der Waals surface area contributed by atoms with E-state index in [9.17, 15) is 9.59 Å². The van der Waals surface area contributed by atoms with Crippen molar-refractivity contribution in [2.45, 2.75) is 0 Å². The molecular weight excluding hydrogens is 330 g/mol. The first kappa shape index (κ1) is 15.8. The molecule has 0 aliphatic carbocycles. The summed E-state index contributed by atoms with van der Waals surface area (Å²) in [5.41, 5.74) is 5.73. The number of pyridine rings is 1. The monoisotopic (exact) mass is 341 g/mol. The molecule has 3 rings (SSSR count). The van der Waals surface area contributed by atoms with Gasteiger partial charge in [0.05, 0.1) is 0 Å². The van der Waals surface area contributed by atoms with Crippen molar-refractivity contribution in [3.63, 3.8) is 0 Å². The van der Waals surface area contributed by atoms with Crippen molar-refractivity contribution in [1.82, 2.24) is 15.8 Å². The summed E-state index contributed by atoms with van der Waals surface area (Å²) in [6.45, 7) is 0. The fourth-order valence-electron chi connectivity index (χ4n) is 2.01. The Balaban J connectivity index is 1.65. The number of nitrogens with one attached hydrogen (secondary N) is 2. The van der Waals surface area contributed by atoms with Crippen LogP contribution in [0.2, 0.25) is 5.02 Å². The lowest BCUT2D eigenvalue weighted by Gasteiger charge is -2.05. The Morgan fingerprint density at radius 3 is 2.46 bits per heavy atom. The van der Waals surface area contributed by atoms with Crippen LogP contribution in [-0.2, 0) is 0 Å². The molecule has 0 unspecified atom stereocenters. The lowest BCUT2D eigenvalue weighted by molar-refractivity contribution is 0.0831. The first-order valence-electron chi connectivity index (χ1n) is 7.00. The summed E-state index contributed by atoms with van der Waals surface area (Å²) < 4.78 is 5.49. The molecule has 0 atom stereocenters. The normalized spacial score (nSPS) is 10.2. The minimum absolute atomic E-state index is 0.0694. The second kappa shape index (κ2) is 6.97. The molecule has 2 aromatic heterocycles. The van der Waals surface area contributed by atoms with Gasteiger partial charge in [0.25, 0.3) is 5.91 Å². The minimum Gasteiger partial charge on any atom is -0.451 e. The Kier molecular flexibility index (Phi) is 4.58. The second-order valence-electron chi connectivity index (χ2n) is 4.82. The quantitative estimate of drug-likeness (QED) is 0.717. The third-order valence-corrected chi connectivity index (χ3v) is 3.41. The van der Waals surface area contributed by atoms with E-state index in [1.54, 1.807) is 24.3 Å². The summed E-state index contributed by atoms with van der Waals surface area (Å²) in [6, 6.07) is 13.3. The van der Waals surface area contributed by atoms with Gasteiger partial charge in [0.2, 0.25) is 0 Å². The predicted molar refractivity (Wildman–Crippen MR) is 88.3 cm³/mol. The zero-order valence-electron chi connectivity index (χ0n) is 12.3. The molecule has 0 aliphatic heterocycles. The van der Waals surface area contributed by atoms with Gasteiger partial charge in [0.1, 0.15) is 5.76 Å². The number of halogens is 1. The van der Waals surface area contributed by atoms with Gasteiger partial charge >= 0.3 is 5.91 Å². The molecule has 2 N–H and O–H groups in total. The number of nitrogens with zero attached hydrogens (tertiary/aromatic N) is 1. The van der Waals surface area contributed by atoms with Crippen molar-refractivity contribution < 1.29 is 14.0 Å². The summed E-state index contributed by atoms with van der Waals surface area (Å²) >= 11 is 5.93. The Hall–Kier alpha value is -3.12. The molecule has 7 heteroatoms. The van der Waals surface area contributed by atoms with E-state index < -0.39 is 11.8 Å². The lowest BCUT2D eigenvalue weighted by Crippen LogP contribution is -2.41. The molecular formula is C17H12ClN3O3. The first-order chi connectivity index (χ1) is 11.6. The number of hydrogen-bond donors (Lipinski definition) is 2. The summed E-state index contributed by atoms with van der Waals surface area (Å²) in [5, 5.41) is 0.569. The Labute approximate surface area is 142 Å². The van der Waals surface area contributed by atoms with Crippen LogP contribution in [0.15, 0.2) is 65.3 Å². The van der Waals surface area contributed by atoms with Crippen LogP contribution in [0.25, 0.3) is 11.3 Å². The molecule has 2 amide bonds. The number of amides is 2. The molecule has 24 heavy (non-hydrogen) atoms. The maximum absolute atomic E-state index is 12.0. The number of furan rings is 1. The van der Waals surface area contributed by atoms with Gasteiger partial charge in [-0.3, -0.25) is 25.4 Å². The van der Waals surface area contributed by atoms with Crippen molar-refractivity contribution in [2.75, 3.05) is 0 Å². The summed E-state index contributed by atoms with van der Waals surface area (Å²) in [7, 11) is 0. The maximum Gasteiger partial charge on any atom is 0.305 e. The molecule has 1 aromatic carbocycles. The van der Waals surface area contributed by atoms with Gasteiger partial charge in [-0.2, -0.15) is 0 Å². The highest BCUT2D eigenvalue weighted by Crippen LogP contribution is 2.24. The van der Waals surface area contributed by atoms with Gasteiger partial charge in [0.15, 0.2) is 5.76 Å². The topological polar surface area (TPSA) is 84.2 Å². The predicted octanol–water partition coefficient (Wildman–Crippen LogP) is 3.07. The Morgan fingerprint density at radius 1 is 0.958 bits per heavy atom. The average molecular weight is 342 g/mol. The SMILES string of the molecule is O=C(NNC(=O)c1ccc(-c2cccc(Cl)c2)o1)c1ccncc1. The van der Waals surface area contributed by atoms with E-state index in [1.807, 2.05) is 6.07 Å².